The number of benzene rings is 2. The largest absolute Gasteiger partial charge is 0.440 e. The summed E-state index contributed by atoms with van der Waals surface area (Å²) >= 11 is 0. The van der Waals surface area contributed by atoms with Crippen LogP contribution in [0.5, 0.6) is 0 Å². The summed E-state index contributed by atoms with van der Waals surface area (Å²) in [7, 11) is 0. The molecule has 0 radical (unpaired) electrons. The van der Waals surface area contributed by atoms with Gasteiger partial charge in [-0.05, 0) is 18.2 Å². The molecule has 4 rings (SSSR count). The van der Waals surface area contributed by atoms with Crippen molar-refractivity contribution in [3.63, 3.8) is 0 Å². The van der Waals surface area contributed by atoms with Gasteiger partial charge in [0.2, 0.25) is 5.71 Å². The number of hydrogen-bond donors (Lipinski definition) is 2. The highest BCUT2D eigenvalue weighted by molar-refractivity contribution is 6.18. The van der Waals surface area contributed by atoms with E-state index >= 15 is 0 Å². The molecule has 3 heteroatoms. The summed E-state index contributed by atoms with van der Waals surface area (Å²) in [6, 6.07) is 14.3. The molecule has 2 heterocycles. The van der Waals surface area contributed by atoms with Crippen LogP contribution in [0, 0.1) is 0 Å². The smallest absolute Gasteiger partial charge is 0.206 e. The Morgan fingerprint density at radius 1 is 1.00 bits per heavy atom. The Morgan fingerprint density at radius 2 is 1.88 bits per heavy atom. The molecule has 4 N–H and O–H groups in total. The lowest BCUT2D eigenvalue weighted by Crippen LogP contribution is -2.39. The Morgan fingerprint density at radius 3 is 2.82 bits per heavy atom. The van der Waals surface area contributed by atoms with E-state index in [0.29, 0.717) is 0 Å². The average Bonchev–Trinajstić information content (AvgIpc) is 2.83. The molecule has 17 heavy (non-hydrogen) atoms. The van der Waals surface area contributed by atoms with Crippen molar-refractivity contribution in [3.05, 3.63) is 42.5 Å². The van der Waals surface area contributed by atoms with E-state index in [0.717, 1.165) is 33.3 Å². The van der Waals surface area contributed by atoms with E-state index in [1.54, 1.807) is 0 Å². The van der Waals surface area contributed by atoms with Gasteiger partial charge < -0.3 is 15.1 Å². The van der Waals surface area contributed by atoms with Crippen LogP contribution in [0.15, 0.2) is 46.9 Å². The average molecular weight is 223 g/mol. The third-order valence-corrected chi connectivity index (χ3v) is 3.20. The zero-order valence-electron chi connectivity index (χ0n) is 9.16. The van der Waals surface area contributed by atoms with Crippen molar-refractivity contribution in [2.24, 2.45) is 0 Å². The first kappa shape index (κ1) is 8.84. The van der Waals surface area contributed by atoms with Crippen LogP contribution >= 0.6 is 0 Å². The first-order valence-electron chi connectivity index (χ1n) is 5.58. The molecular formula is C14H11N2O+. The second kappa shape index (κ2) is 2.90. The molecule has 82 valence electrons. The summed E-state index contributed by atoms with van der Waals surface area (Å²) in [4.78, 5) is 3.30. The van der Waals surface area contributed by atoms with Gasteiger partial charge in [-0.25, -0.2) is 0 Å². The van der Waals surface area contributed by atoms with Crippen molar-refractivity contribution in [3.8, 4) is 0 Å². The standard InChI is InChI=1S/C14H10N2O/c15-8-5-6-9-11(7-8)16-14-13(9)10-3-1-2-4-12(10)17-14/h1-7,16H,15H2/p+1. The SMILES string of the molecule is [NH3+]c1ccc2c(c1)[nH]c1oc3ccccc3c12. The Labute approximate surface area is 96.8 Å². The van der Waals surface area contributed by atoms with Crippen molar-refractivity contribution in [1.29, 1.82) is 0 Å². The quantitative estimate of drug-likeness (QED) is 0.473. The first-order chi connectivity index (χ1) is 8.33. The number of rotatable bonds is 0. The van der Waals surface area contributed by atoms with Crippen LogP contribution in [0.2, 0.25) is 0 Å². The maximum Gasteiger partial charge on any atom is 0.206 e. The maximum atomic E-state index is 5.80. The number of aromatic nitrogens is 1. The minimum atomic E-state index is 0.840. The summed E-state index contributed by atoms with van der Waals surface area (Å²) in [5.41, 5.74) is 7.79. The summed E-state index contributed by atoms with van der Waals surface area (Å²) in [5.74, 6) is 0. The molecular weight excluding hydrogens is 212 g/mol. The van der Waals surface area contributed by atoms with Crippen LogP contribution in [0.1, 0.15) is 0 Å². The number of quaternary nitrogens is 1. The second-order valence-corrected chi connectivity index (χ2v) is 4.31. The predicted octanol–water partition coefficient (Wildman–Crippen LogP) is 2.94. The summed E-state index contributed by atoms with van der Waals surface area (Å²) in [6.07, 6.45) is 0. The molecule has 3 nitrogen and oxygen atoms in total. The molecule has 0 saturated heterocycles. The Bertz CT molecular complexity index is 854. The normalized spacial score (nSPS) is 11.8. The Balaban J connectivity index is 2.31. The number of furan rings is 1. The highest BCUT2D eigenvalue weighted by atomic mass is 16.3. The van der Waals surface area contributed by atoms with E-state index < -0.39 is 0 Å². The minimum Gasteiger partial charge on any atom is -0.440 e. The third-order valence-electron chi connectivity index (χ3n) is 3.20. The molecule has 0 bridgehead atoms. The molecule has 0 spiro atoms. The minimum absolute atomic E-state index is 0.840. The fraction of sp³-hybridized carbons (Fsp3) is 0. The lowest BCUT2D eigenvalue weighted by atomic mass is 10.1. The van der Waals surface area contributed by atoms with Crippen molar-refractivity contribution < 1.29 is 10.2 Å². The second-order valence-electron chi connectivity index (χ2n) is 4.31. The van der Waals surface area contributed by atoms with Gasteiger partial charge in [-0.3, -0.25) is 0 Å². The first-order valence-corrected chi connectivity index (χ1v) is 5.58. The summed E-state index contributed by atoms with van der Waals surface area (Å²) in [6.45, 7) is 0. The Hall–Kier alpha value is -2.26. The predicted molar refractivity (Wildman–Crippen MR) is 68.1 cm³/mol. The van der Waals surface area contributed by atoms with E-state index in [1.807, 2.05) is 30.3 Å². The van der Waals surface area contributed by atoms with Gasteiger partial charge in [-0.2, -0.15) is 0 Å². The highest BCUT2D eigenvalue weighted by Gasteiger charge is 2.12. The van der Waals surface area contributed by atoms with E-state index in [4.69, 9.17) is 4.42 Å². The molecule has 0 aliphatic carbocycles. The van der Waals surface area contributed by atoms with E-state index in [9.17, 15) is 0 Å². The molecule has 0 atom stereocenters. The molecule has 0 fully saturated rings. The number of fused-ring (bicyclic) bond motifs is 5. The third kappa shape index (κ3) is 1.09. The fourth-order valence-electron chi connectivity index (χ4n) is 2.44. The number of para-hydroxylation sites is 1. The van der Waals surface area contributed by atoms with Crippen LogP contribution in [0.3, 0.4) is 0 Å². The van der Waals surface area contributed by atoms with Gasteiger partial charge in [0.1, 0.15) is 11.3 Å². The number of aromatic amines is 1. The highest BCUT2D eigenvalue weighted by Crippen LogP contribution is 2.34. The number of H-pyrrole nitrogens is 1. The van der Waals surface area contributed by atoms with Crippen LogP contribution in [0.4, 0.5) is 5.69 Å². The fourth-order valence-corrected chi connectivity index (χ4v) is 2.44. The zero-order chi connectivity index (χ0) is 11.4. The van der Waals surface area contributed by atoms with Gasteiger partial charge in [0, 0.05) is 16.8 Å². The van der Waals surface area contributed by atoms with Gasteiger partial charge in [-0.15, -0.1) is 0 Å². The van der Waals surface area contributed by atoms with Gasteiger partial charge >= 0.3 is 0 Å². The lowest BCUT2D eigenvalue weighted by molar-refractivity contribution is -0.254. The van der Waals surface area contributed by atoms with Crippen molar-refractivity contribution in [2.75, 3.05) is 0 Å². The number of nitrogens with one attached hydrogen (secondary N) is 1. The van der Waals surface area contributed by atoms with Crippen LogP contribution < -0.4 is 5.73 Å². The number of hydrogen-bond acceptors (Lipinski definition) is 1. The molecule has 0 aliphatic heterocycles. The molecule has 4 aromatic rings. The summed E-state index contributed by atoms with van der Waals surface area (Å²) < 4.78 is 5.80. The molecule has 0 amide bonds. The van der Waals surface area contributed by atoms with Gasteiger partial charge in [0.05, 0.1) is 10.9 Å². The van der Waals surface area contributed by atoms with Crippen LogP contribution in [-0.4, -0.2) is 4.98 Å². The summed E-state index contributed by atoms with van der Waals surface area (Å²) in [5, 5.41) is 3.51. The maximum absolute atomic E-state index is 5.80. The zero-order valence-corrected chi connectivity index (χ0v) is 9.16. The molecule has 0 unspecified atom stereocenters. The molecule has 0 aliphatic rings. The van der Waals surface area contributed by atoms with Crippen LogP contribution in [-0.2, 0) is 0 Å². The van der Waals surface area contributed by atoms with E-state index in [2.05, 4.69) is 22.9 Å². The van der Waals surface area contributed by atoms with Crippen molar-refractivity contribution in [1.82, 2.24) is 4.98 Å². The van der Waals surface area contributed by atoms with E-state index in [-0.39, 0.29) is 0 Å². The van der Waals surface area contributed by atoms with Gasteiger partial charge in [-0.1, -0.05) is 18.2 Å². The lowest BCUT2D eigenvalue weighted by Gasteiger charge is -1.91. The van der Waals surface area contributed by atoms with Gasteiger partial charge in [0.15, 0.2) is 0 Å². The topological polar surface area (TPSA) is 56.6 Å². The molecule has 2 aromatic carbocycles. The van der Waals surface area contributed by atoms with Crippen LogP contribution in [0.25, 0.3) is 33.0 Å². The van der Waals surface area contributed by atoms with Crippen molar-refractivity contribution in [2.45, 2.75) is 0 Å². The Kier molecular flexibility index (Phi) is 1.51. The molecule has 2 aromatic heterocycles. The van der Waals surface area contributed by atoms with Gasteiger partial charge in [0.25, 0.3) is 0 Å². The molecule has 0 saturated carbocycles. The van der Waals surface area contributed by atoms with Crippen molar-refractivity contribution >= 4 is 38.7 Å². The van der Waals surface area contributed by atoms with E-state index in [1.165, 1.54) is 5.39 Å². The monoisotopic (exact) mass is 223 g/mol.